The number of carbonyl (C=O) groups is 2. The number of anilines is 1. The average molecular weight is 420 g/mol. The van der Waals surface area contributed by atoms with Gasteiger partial charge in [0.25, 0.3) is 11.8 Å². The van der Waals surface area contributed by atoms with E-state index in [0.717, 1.165) is 12.1 Å². The van der Waals surface area contributed by atoms with E-state index in [2.05, 4.69) is 20.3 Å². The molecule has 4 rings (SSSR count). The zero-order valence-corrected chi connectivity index (χ0v) is 16.1. The minimum atomic E-state index is -0.953. The van der Waals surface area contributed by atoms with Gasteiger partial charge in [-0.2, -0.15) is 0 Å². The number of fused-ring (bicyclic) bond motifs is 1. The summed E-state index contributed by atoms with van der Waals surface area (Å²) in [5, 5.41) is 2.59. The van der Waals surface area contributed by atoms with Crippen molar-refractivity contribution in [3.63, 3.8) is 0 Å². The molecule has 0 aliphatic heterocycles. The number of carbonyl (C=O) groups excluding carboxylic acids is 2. The third-order valence-corrected chi connectivity index (χ3v) is 4.24. The van der Waals surface area contributed by atoms with E-state index in [0.29, 0.717) is 22.8 Å². The van der Waals surface area contributed by atoms with Gasteiger partial charge >= 0.3 is 0 Å². The van der Waals surface area contributed by atoms with E-state index in [1.807, 2.05) is 0 Å². The van der Waals surface area contributed by atoms with E-state index < -0.39 is 17.5 Å². The number of para-hydroxylation sites is 2. The van der Waals surface area contributed by atoms with Crippen molar-refractivity contribution in [1.29, 1.82) is 0 Å². The van der Waals surface area contributed by atoms with Gasteiger partial charge in [0.05, 0.1) is 22.9 Å². The molecule has 4 aromatic rings. The maximum absolute atomic E-state index is 14.1. The van der Waals surface area contributed by atoms with Gasteiger partial charge in [-0.05, 0) is 36.4 Å². The highest BCUT2D eigenvalue weighted by Gasteiger charge is 2.20. The Bertz CT molecular complexity index is 1310. The minimum absolute atomic E-state index is 0.210. The fourth-order valence-electron chi connectivity index (χ4n) is 2.73. The van der Waals surface area contributed by atoms with Crippen molar-refractivity contribution in [1.82, 2.24) is 15.0 Å². The number of amides is 1. The number of ether oxygens (including phenoxy) is 1. The van der Waals surface area contributed by atoms with E-state index in [1.54, 1.807) is 24.3 Å². The Morgan fingerprint density at radius 3 is 2.35 bits per heavy atom. The Balaban J connectivity index is 1.71. The van der Waals surface area contributed by atoms with Crippen molar-refractivity contribution in [2.45, 2.75) is 6.92 Å². The molecule has 0 saturated heterocycles. The lowest BCUT2D eigenvalue weighted by atomic mass is 10.2. The number of nitrogens with zero attached hydrogens (tertiary/aromatic N) is 3. The van der Waals surface area contributed by atoms with Gasteiger partial charge in [0.1, 0.15) is 11.5 Å². The van der Waals surface area contributed by atoms with E-state index in [-0.39, 0.29) is 28.8 Å². The number of hydrogen-bond acceptors (Lipinski definition) is 6. The molecule has 0 aliphatic carbocycles. The smallest absolute Gasteiger partial charge is 0.279 e. The van der Waals surface area contributed by atoms with Crippen LogP contribution < -0.4 is 10.1 Å². The molecule has 0 aliphatic rings. The van der Waals surface area contributed by atoms with Crippen molar-refractivity contribution in [2.24, 2.45) is 0 Å². The highest BCUT2D eigenvalue weighted by molar-refractivity contribution is 6.05. The molecular formula is C22H14F2N4O3. The van der Waals surface area contributed by atoms with Gasteiger partial charge < -0.3 is 10.1 Å². The van der Waals surface area contributed by atoms with Gasteiger partial charge in [-0.15, -0.1) is 0 Å². The number of pyridine rings is 1. The van der Waals surface area contributed by atoms with Crippen LogP contribution in [0, 0.1) is 11.6 Å². The number of aromatic nitrogens is 3. The molecule has 9 heteroatoms. The lowest BCUT2D eigenvalue weighted by Gasteiger charge is -2.12. The number of benzene rings is 2. The van der Waals surface area contributed by atoms with E-state index in [1.165, 1.54) is 25.3 Å². The normalized spacial score (nSPS) is 10.7. The summed E-state index contributed by atoms with van der Waals surface area (Å²) in [7, 11) is 0. The zero-order chi connectivity index (χ0) is 22.0. The second-order valence-electron chi connectivity index (χ2n) is 6.49. The molecule has 0 saturated carbocycles. The summed E-state index contributed by atoms with van der Waals surface area (Å²) in [4.78, 5) is 36.8. The van der Waals surface area contributed by atoms with Crippen molar-refractivity contribution in [3.05, 3.63) is 83.8 Å². The predicted octanol–water partition coefficient (Wildman–Crippen LogP) is 4.55. The first-order chi connectivity index (χ1) is 14.9. The van der Waals surface area contributed by atoms with Crippen LogP contribution in [0.5, 0.6) is 11.6 Å². The van der Waals surface area contributed by atoms with E-state index >= 15 is 0 Å². The van der Waals surface area contributed by atoms with Crippen LogP contribution in [-0.2, 0) is 0 Å². The molecule has 1 amide bonds. The lowest BCUT2D eigenvalue weighted by molar-refractivity contribution is 0.100. The molecule has 0 unspecified atom stereocenters. The fraction of sp³-hybridized carbons (Fsp3) is 0.0455. The number of hydrogen-bond donors (Lipinski definition) is 1. The van der Waals surface area contributed by atoms with Crippen LogP contribution in [-0.4, -0.2) is 26.6 Å². The van der Waals surface area contributed by atoms with Gasteiger partial charge in [0, 0.05) is 13.0 Å². The SMILES string of the molecule is CC(=O)c1ccc(NC(=O)c2nc3ccccc3nc2Oc2ccc(F)cc2F)cn1. The topological polar surface area (TPSA) is 94.1 Å². The van der Waals surface area contributed by atoms with Crippen LogP contribution in [0.3, 0.4) is 0 Å². The second-order valence-corrected chi connectivity index (χ2v) is 6.49. The van der Waals surface area contributed by atoms with Gasteiger partial charge in [0.2, 0.25) is 0 Å². The predicted molar refractivity (Wildman–Crippen MR) is 108 cm³/mol. The summed E-state index contributed by atoms with van der Waals surface area (Å²) in [5.74, 6) is -3.19. The van der Waals surface area contributed by atoms with Gasteiger partial charge in [0.15, 0.2) is 23.0 Å². The quantitative estimate of drug-likeness (QED) is 0.476. The van der Waals surface area contributed by atoms with E-state index in [9.17, 15) is 18.4 Å². The molecule has 1 N–H and O–H groups in total. The average Bonchev–Trinajstić information content (AvgIpc) is 2.75. The van der Waals surface area contributed by atoms with Crippen LogP contribution >= 0.6 is 0 Å². The Morgan fingerprint density at radius 2 is 1.71 bits per heavy atom. The van der Waals surface area contributed by atoms with Crippen molar-refractivity contribution >= 4 is 28.4 Å². The molecule has 2 aromatic carbocycles. The highest BCUT2D eigenvalue weighted by Crippen LogP contribution is 2.28. The molecule has 0 spiro atoms. The first kappa shape index (κ1) is 20.0. The molecule has 2 aromatic heterocycles. The number of nitrogens with one attached hydrogen (secondary N) is 1. The Morgan fingerprint density at radius 1 is 0.968 bits per heavy atom. The summed E-state index contributed by atoms with van der Waals surface area (Å²) in [6, 6.07) is 12.5. The summed E-state index contributed by atoms with van der Waals surface area (Å²) in [6.45, 7) is 1.38. The fourth-order valence-corrected chi connectivity index (χ4v) is 2.73. The third-order valence-electron chi connectivity index (χ3n) is 4.24. The minimum Gasteiger partial charge on any atom is -0.434 e. The first-order valence-corrected chi connectivity index (χ1v) is 9.09. The third kappa shape index (κ3) is 4.35. The van der Waals surface area contributed by atoms with Crippen LogP contribution in [0.4, 0.5) is 14.5 Å². The Labute approximate surface area is 174 Å². The molecule has 0 fully saturated rings. The van der Waals surface area contributed by atoms with Gasteiger partial charge in [-0.1, -0.05) is 12.1 Å². The van der Waals surface area contributed by atoms with Gasteiger partial charge in [-0.3, -0.25) is 14.6 Å². The maximum atomic E-state index is 14.1. The lowest BCUT2D eigenvalue weighted by Crippen LogP contribution is -2.16. The molecule has 0 radical (unpaired) electrons. The monoisotopic (exact) mass is 420 g/mol. The van der Waals surface area contributed by atoms with Crippen molar-refractivity contribution in [3.8, 4) is 11.6 Å². The number of ketones is 1. The summed E-state index contributed by atoms with van der Waals surface area (Å²) < 4.78 is 32.8. The summed E-state index contributed by atoms with van der Waals surface area (Å²) in [5.41, 5.74) is 1.19. The molecule has 7 nitrogen and oxygen atoms in total. The molecule has 31 heavy (non-hydrogen) atoms. The van der Waals surface area contributed by atoms with Crippen LogP contribution in [0.25, 0.3) is 11.0 Å². The summed E-state index contributed by atoms with van der Waals surface area (Å²) >= 11 is 0. The standard InChI is InChI=1S/C22H14F2N4O3/c1-12(29)16-8-7-14(11-25-16)26-21(30)20-22(28-18-5-3-2-4-17(18)27-20)31-19-9-6-13(23)10-15(19)24/h2-11H,1H3,(H,26,30). The van der Waals surface area contributed by atoms with Crippen molar-refractivity contribution in [2.75, 3.05) is 5.32 Å². The van der Waals surface area contributed by atoms with Crippen LogP contribution in [0.1, 0.15) is 27.9 Å². The number of halogens is 2. The molecular weight excluding hydrogens is 406 g/mol. The number of rotatable bonds is 5. The van der Waals surface area contributed by atoms with Crippen LogP contribution in [0.15, 0.2) is 60.8 Å². The van der Waals surface area contributed by atoms with E-state index in [4.69, 9.17) is 4.74 Å². The zero-order valence-electron chi connectivity index (χ0n) is 16.1. The summed E-state index contributed by atoms with van der Waals surface area (Å²) in [6.07, 6.45) is 1.32. The van der Waals surface area contributed by atoms with Crippen molar-refractivity contribution < 1.29 is 23.1 Å². The first-order valence-electron chi connectivity index (χ1n) is 9.09. The van der Waals surface area contributed by atoms with Gasteiger partial charge in [-0.25, -0.2) is 18.7 Å². The molecule has 154 valence electrons. The largest absolute Gasteiger partial charge is 0.434 e. The highest BCUT2D eigenvalue weighted by atomic mass is 19.1. The maximum Gasteiger partial charge on any atom is 0.279 e. The number of Topliss-reactive ketones (excluding diaryl/α,β-unsaturated/α-hetero) is 1. The Hall–Kier alpha value is -4.27. The molecule has 0 atom stereocenters. The second kappa shape index (κ2) is 8.23. The Kier molecular flexibility index (Phi) is 5.31. The molecule has 0 bridgehead atoms. The molecule has 2 heterocycles. The van der Waals surface area contributed by atoms with Crippen LogP contribution in [0.2, 0.25) is 0 Å².